The molecular formula is C10H14F2N2O5. The van der Waals surface area contributed by atoms with Gasteiger partial charge in [0.2, 0.25) is 0 Å². The number of ether oxygens (including phenoxy) is 2. The lowest BCUT2D eigenvalue weighted by atomic mass is 10.2. The maximum atomic E-state index is 11.7. The van der Waals surface area contributed by atoms with Crippen LogP contribution in [0.1, 0.15) is 12.8 Å². The Morgan fingerprint density at radius 3 is 2.32 bits per heavy atom. The summed E-state index contributed by atoms with van der Waals surface area (Å²) >= 11 is 0. The molecule has 108 valence electrons. The lowest BCUT2D eigenvalue weighted by molar-refractivity contribution is -0.178. The first-order valence-corrected chi connectivity index (χ1v) is 5.81. The molecule has 2 amide bonds. The molecule has 7 nitrogen and oxygen atoms in total. The molecule has 2 aliphatic rings. The number of carbonyl (C=O) groups excluding carboxylic acids is 1. The molecule has 2 rings (SSSR count). The first kappa shape index (κ1) is 13.8. The molecule has 0 aromatic carbocycles. The Labute approximate surface area is 107 Å². The summed E-state index contributed by atoms with van der Waals surface area (Å²) in [6.45, 7) is -3.36. The minimum Gasteiger partial charge on any atom is -0.465 e. The Bertz CT molecular complexity index is 354. The van der Waals surface area contributed by atoms with E-state index in [0.29, 0.717) is 12.8 Å². The van der Waals surface area contributed by atoms with E-state index in [2.05, 4.69) is 9.47 Å². The van der Waals surface area contributed by atoms with Gasteiger partial charge >= 0.3 is 18.8 Å². The summed E-state index contributed by atoms with van der Waals surface area (Å²) in [5, 5.41) is 8.92. The molecule has 9 heteroatoms. The number of fused-ring (bicyclic) bond motifs is 2. The predicted octanol–water partition coefficient (Wildman–Crippen LogP) is 1.15. The summed E-state index contributed by atoms with van der Waals surface area (Å²) in [7, 11) is 0. The summed E-state index contributed by atoms with van der Waals surface area (Å²) in [5.41, 5.74) is 0. The molecule has 0 spiro atoms. The van der Waals surface area contributed by atoms with Gasteiger partial charge in [-0.25, -0.2) is 9.59 Å². The van der Waals surface area contributed by atoms with E-state index in [9.17, 15) is 18.4 Å². The van der Waals surface area contributed by atoms with Crippen molar-refractivity contribution in [3.8, 4) is 0 Å². The van der Waals surface area contributed by atoms with Crippen LogP contribution in [0.3, 0.4) is 0 Å². The maximum absolute atomic E-state index is 11.7. The van der Waals surface area contributed by atoms with Crippen molar-refractivity contribution in [1.82, 2.24) is 9.80 Å². The number of hydrogen-bond acceptors (Lipinski definition) is 4. The number of halogens is 2. The topological polar surface area (TPSA) is 79.3 Å². The molecule has 0 saturated carbocycles. The Hall–Kier alpha value is -1.64. The molecule has 2 saturated heterocycles. The highest BCUT2D eigenvalue weighted by molar-refractivity contribution is 5.70. The van der Waals surface area contributed by atoms with E-state index in [1.54, 1.807) is 0 Å². The zero-order valence-electron chi connectivity index (χ0n) is 10.00. The van der Waals surface area contributed by atoms with Gasteiger partial charge in [-0.3, -0.25) is 9.64 Å². The minimum atomic E-state index is -2.99. The van der Waals surface area contributed by atoms with E-state index >= 15 is 0 Å². The fraction of sp³-hybridized carbons (Fsp3) is 0.800. The molecule has 0 radical (unpaired) electrons. The third-order valence-electron chi connectivity index (χ3n) is 3.34. The monoisotopic (exact) mass is 280 g/mol. The van der Waals surface area contributed by atoms with Gasteiger partial charge in [0.15, 0.2) is 6.79 Å². The number of carboxylic acid groups (broad SMARTS) is 1. The molecule has 0 aromatic rings. The Balaban J connectivity index is 1.88. The van der Waals surface area contributed by atoms with E-state index < -0.39 is 25.6 Å². The minimum absolute atomic E-state index is 0.219. The SMILES string of the molecule is O=C(O)N1C[C@@H]2CC[C@@H](C1)N2C(=O)OCOC(F)F. The van der Waals surface area contributed by atoms with Crippen LogP contribution in [-0.2, 0) is 9.47 Å². The molecule has 2 aliphatic heterocycles. The molecule has 0 aromatic heterocycles. The van der Waals surface area contributed by atoms with E-state index in [4.69, 9.17) is 5.11 Å². The quantitative estimate of drug-likeness (QED) is 0.784. The number of piperazine rings is 1. The van der Waals surface area contributed by atoms with Crippen molar-refractivity contribution in [2.45, 2.75) is 31.5 Å². The largest absolute Gasteiger partial charge is 0.465 e. The number of nitrogens with zero attached hydrogens (tertiary/aromatic N) is 2. The first-order valence-electron chi connectivity index (χ1n) is 5.81. The van der Waals surface area contributed by atoms with Crippen molar-refractivity contribution in [3.05, 3.63) is 0 Å². The van der Waals surface area contributed by atoms with Gasteiger partial charge in [-0.15, -0.1) is 0 Å². The normalized spacial score (nSPS) is 25.8. The van der Waals surface area contributed by atoms with E-state index in [1.807, 2.05) is 0 Å². The standard InChI is InChI=1S/C10H14F2N2O5/c11-8(12)18-5-19-10(17)14-6-1-2-7(14)4-13(3-6)9(15)16/h6-8H,1-5H2,(H,15,16)/t6-,7-/m0/s1. The summed E-state index contributed by atoms with van der Waals surface area (Å²) < 4.78 is 31.9. The van der Waals surface area contributed by atoms with Crippen LogP contribution in [0.15, 0.2) is 0 Å². The van der Waals surface area contributed by atoms with Crippen LogP contribution in [0.4, 0.5) is 18.4 Å². The van der Waals surface area contributed by atoms with Gasteiger partial charge in [0.25, 0.3) is 0 Å². The van der Waals surface area contributed by atoms with E-state index in [0.717, 1.165) is 0 Å². The summed E-state index contributed by atoms with van der Waals surface area (Å²) in [4.78, 5) is 25.3. The molecule has 2 bridgehead atoms. The second-order valence-electron chi connectivity index (χ2n) is 4.44. The van der Waals surface area contributed by atoms with Gasteiger partial charge in [0, 0.05) is 13.1 Å². The molecule has 0 unspecified atom stereocenters. The van der Waals surface area contributed by atoms with Crippen molar-refractivity contribution in [1.29, 1.82) is 0 Å². The summed E-state index contributed by atoms with van der Waals surface area (Å²) in [5.74, 6) is 0. The highest BCUT2D eigenvalue weighted by atomic mass is 19.3. The highest BCUT2D eigenvalue weighted by Gasteiger charge is 2.44. The summed E-state index contributed by atoms with van der Waals surface area (Å²) in [6.07, 6.45) is -0.400. The van der Waals surface area contributed by atoms with Crippen LogP contribution in [-0.4, -0.2) is 65.7 Å². The van der Waals surface area contributed by atoms with E-state index in [1.165, 1.54) is 9.80 Å². The zero-order chi connectivity index (χ0) is 14.0. The van der Waals surface area contributed by atoms with Gasteiger partial charge in [-0.1, -0.05) is 0 Å². The van der Waals surface area contributed by atoms with Gasteiger partial charge in [-0.05, 0) is 12.8 Å². The lowest BCUT2D eigenvalue weighted by Crippen LogP contribution is -2.57. The van der Waals surface area contributed by atoms with E-state index in [-0.39, 0.29) is 25.2 Å². The maximum Gasteiger partial charge on any atom is 0.412 e. The zero-order valence-corrected chi connectivity index (χ0v) is 10.00. The Kier molecular flexibility index (Phi) is 4.03. The van der Waals surface area contributed by atoms with Gasteiger partial charge in [0.05, 0.1) is 12.1 Å². The Morgan fingerprint density at radius 1 is 1.26 bits per heavy atom. The molecular weight excluding hydrogens is 266 g/mol. The fourth-order valence-corrected chi connectivity index (χ4v) is 2.57. The number of rotatable bonds is 3. The van der Waals surface area contributed by atoms with Crippen LogP contribution in [0, 0.1) is 0 Å². The number of amides is 2. The number of carbonyl (C=O) groups is 2. The number of likely N-dealkylation sites (tertiary alicyclic amines) is 1. The van der Waals surface area contributed by atoms with Gasteiger partial charge < -0.3 is 14.7 Å². The molecule has 1 N–H and O–H groups in total. The third kappa shape index (κ3) is 3.03. The van der Waals surface area contributed by atoms with Crippen molar-refractivity contribution in [2.24, 2.45) is 0 Å². The van der Waals surface area contributed by atoms with Crippen LogP contribution in [0.5, 0.6) is 0 Å². The molecule has 2 atom stereocenters. The molecule has 19 heavy (non-hydrogen) atoms. The number of alkyl halides is 2. The molecule has 2 fully saturated rings. The van der Waals surface area contributed by atoms with Crippen molar-refractivity contribution in [3.63, 3.8) is 0 Å². The third-order valence-corrected chi connectivity index (χ3v) is 3.34. The second kappa shape index (κ2) is 5.55. The van der Waals surface area contributed by atoms with Gasteiger partial charge in [0.1, 0.15) is 0 Å². The first-order chi connectivity index (χ1) is 8.99. The van der Waals surface area contributed by atoms with Crippen LogP contribution in [0.25, 0.3) is 0 Å². The van der Waals surface area contributed by atoms with Crippen LogP contribution in [0.2, 0.25) is 0 Å². The van der Waals surface area contributed by atoms with Crippen LogP contribution >= 0.6 is 0 Å². The molecule has 0 aliphatic carbocycles. The average Bonchev–Trinajstić information content (AvgIpc) is 2.59. The summed E-state index contributed by atoms with van der Waals surface area (Å²) in [6, 6.07) is -0.511. The van der Waals surface area contributed by atoms with Gasteiger partial charge in [-0.2, -0.15) is 8.78 Å². The Morgan fingerprint density at radius 2 is 1.84 bits per heavy atom. The lowest BCUT2D eigenvalue weighted by Gasteiger charge is -2.38. The second-order valence-corrected chi connectivity index (χ2v) is 4.44. The fourth-order valence-electron chi connectivity index (χ4n) is 2.57. The van der Waals surface area contributed by atoms with Crippen molar-refractivity contribution >= 4 is 12.2 Å². The van der Waals surface area contributed by atoms with Crippen molar-refractivity contribution < 1.29 is 33.0 Å². The molecule has 2 heterocycles. The smallest absolute Gasteiger partial charge is 0.412 e. The average molecular weight is 280 g/mol. The number of hydrogen-bond donors (Lipinski definition) is 1. The van der Waals surface area contributed by atoms with Crippen LogP contribution < -0.4 is 0 Å². The van der Waals surface area contributed by atoms with Crippen molar-refractivity contribution in [2.75, 3.05) is 19.9 Å². The predicted molar refractivity (Wildman–Crippen MR) is 56.7 cm³/mol. The highest BCUT2D eigenvalue weighted by Crippen LogP contribution is 2.30.